The zero-order valence-corrected chi connectivity index (χ0v) is 14.2. The molecular formula is C19H21NO5. The molecule has 6 heteroatoms. The van der Waals surface area contributed by atoms with Gasteiger partial charge in [-0.2, -0.15) is 0 Å². The summed E-state index contributed by atoms with van der Waals surface area (Å²) in [5.41, 5.74) is 1.64. The minimum Gasteiger partial charge on any atom is -0.496 e. The number of carboxylic acid groups (broad SMARTS) is 1. The van der Waals surface area contributed by atoms with Crippen LogP contribution in [0.5, 0.6) is 11.5 Å². The zero-order valence-electron chi connectivity index (χ0n) is 14.2. The van der Waals surface area contributed by atoms with E-state index in [2.05, 4.69) is 5.32 Å². The second-order valence-electron chi connectivity index (χ2n) is 5.37. The van der Waals surface area contributed by atoms with Gasteiger partial charge < -0.3 is 19.9 Å². The molecule has 0 fully saturated rings. The third-order valence-corrected chi connectivity index (χ3v) is 3.58. The van der Waals surface area contributed by atoms with Crippen molar-refractivity contribution in [1.29, 1.82) is 0 Å². The molecule has 25 heavy (non-hydrogen) atoms. The number of methoxy groups -OCH3 is 1. The average molecular weight is 343 g/mol. The van der Waals surface area contributed by atoms with Crippen molar-refractivity contribution in [1.82, 2.24) is 5.32 Å². The number of carbonyl (C=O) groups excluding carboxylic acids is 1. The molecule has 0 atom stereocenters. The molecule has 0 aliphatic carbocycles. The second-order valence-corrected chi connectivity index (χ2v) is 5.37. The van der Waals surface area contributed by atoms with Crippen LogP contribution in [0.2, 0.25) is 0 Å². The average Bonchev–Trinajstić information content (AvgIpc) is 2.61. The second kappa shape index (κ2) is 8.73. The van der Waals surface area contributed by atoms with Crippen LogP contribution in [0.1, 0.15) is 28.4 Å². The molecule has 1 amide bonds. The van der Waals surface area contributed by atoms with E-state index in [0.717, 1.165) is 11.3 Å². The lowest BCUT2D eigenvalue weighted by molar-refractivity contribution is -0.120. The maximum atomic E-state index is 12.1. The topological polar surface area (TPSA) is 84.9 Å². The molecular weight excluding hydrogens is 322 g/mol. The first-order valence-corrected chi connectivity index (χ1v) is 7.92. The quantitative estimate of drug-likeness (QED) is 0.770. The van der Waals surface area contributed by atoms with Crippen LogP contribution >= 0.6 is 0 Å². The Morgan fingerprint density at radius 1 is 1.08 bits per heavy atom. The van der Waals surface area contributed by atoms with Crippen LogP contribution in [0.15, 0.2) is 42.5 Å². The number of carbonyl (C=O) groups is 2. The van der Waals surface area contributed by atoms with Crippen LogP contribution in [0, 0.1) is 0 Å². The lowest BCUT2D eigenvalue weighted by atomic mass is 10.1. The van der Waals surface area contributed by atoms with Crippen molar-refractivity contribution in [2.24, 2.45) is 0 Å². The Balaban J connectivity index is 1.93. The van der Waals surface area contributed by atoms with Crippen molar-refractivity contribution < 1.29 is 24.2 Å². The number of aromatic carboxylic acids is 1. The normalized spacial score (nSPS) is 10.2. The Morgan fingerprint density at radius 3 is 2.36 bits per heavy atom. The van der Waals surface area contributed by atoms with E-state index < -0.39 is 5.97 Å². The number of nitrogens with one attached hydrogen (secondary N) is 1. The van der Waals surface area contributed by atoms with E-state index in [4.69, 9.17) is 9.47 Å². The van der Waals surface area contributed by atoms with Gasteiger partial charge in [0.2, 0.25) is 5.91 Å². The fourth-order valence-electron chi connectivity index (χ4n) is 2.35. The molecule has 0 saturated carbocycles. The number of hydrogen-bond donors (Lipinski definition) is 2. The van der Waals surface area contributed by atoms with Crippen molar-refractivity contribution in [3.8, 4) is 11.5 Å². The summed E-state index contributed by atoms with van der Waals surface area (Å²) in [6, 6.07) is 12.2. The Bertz CT molecular complexity index is 740. The lowest BCUT2D eigenvalue weighted by Gasteiger charge is -2.09. The summed E-state index contributed by atoms with van der Waals surface area (Å²) in [6.07, 6.45) is 0.244. The van der Waals surface area contributed by atoms with E-state index in [9.17, 15) is 14.7 Å². The predicted octanol–water partition coefficient (Wildman–Crippen LogP) is 2.65. The van der Waals surface area contributed by atoms with Gasteiger partial charge in [0.25, 0.3) is 0 Å². The molecule has 0 spiro atoms. The Morgan fingerprint density at radius 2 is 1.76 bits per heavy atom. The smallest absolute Gasteiger partial charge is 0.339 e. The van der Waals surface area contributed by atoms with Crippen LogP contribution in [-0.2, 0) is 17.8 Å². The third kappa shape index (κ3) is 5.24. The summed E-state index contributed by atoms with van der Waals surface area (Å²) >= 11 is 0. The number of hydrogen-bond acceptors (Lipinski definition) is 4. The number of carboxylic acids is 1. The molecule has 0 aliphatic heterocycles. The van der Waals surface area contributed by atoms with E-state index in [-0.39, 0.29) is 30.2 Å². The zero-order chi connectivity index (χ0) is 18.2. The molecule has 2 aromatic carbocycles. The van der Waals surface area contributed by atoms with Gasteiger partial charge in [0.1, 0.15) is 17.1 Å². The highest BCUT2D eigenvalue weighted by molar-refractivity contribution is 5.91. The van der Waals surface area contributed by atoms with Gasteiger partial charge in [-0.05, 0) is 42.3 Å². The van der Waals surface area contributed by atoms with Crippen molar-refractivity contribution in [3.63, 3.8) is 0 Å². The van der Waals surface area contributed by atoms with Crippen LogP contribution < -0.4 is 14.8 Å². The monoisotopic (exact) mass is 343 g/mol. The molecule has 2 aromatic rings. The minimum atomic E-state index is -1.07. The third-order valence-electron chi connectivity index (χ3n) is 3.58. The van der Waals surface area contributed by atoms with Gasteiger partial charge in [-0.15, -0.1) is 0 Å². The molecule has 2 rings (SSSR count). The number of rotatable bonds is 8. The van der Waals surface area contributed by atoms with Crippen LogP contribution in [0.25, 0.3) is 0 Å². The SMILES string of the molecule is CCOc1ccc(CC(=O)NCc2ccc(OC)c(C(=O)O)c2)cc1. The molecule has 6 nitrogen and oxygen atoms in total. The van der Waals surface area contributed by atoms with E-state index in [1.807, 2.05) is 31.2 Å². The summed E-state index contributed by atoms with van der Waals surface area (Å²) in [6.45, 7) is 2.76. The van der Waals surface area contributed by atoms with E-state index in [1.165, 1.54) is 13.2 Å². The molecule has 0 saturated heterocycles. The highest BCUT2D eigenvalue weighted by Gasteiger charge is 2.12. The Kier molecular flexibility index (Phi) is 6.39. The number of benzene rings is 2. The molecule has 0 unspecified atom stereocenters. The standard InChI is InChI=1S/C19H21NO5/c1-3-25-15-7-4-13(5-8-15)11-18(21)20-12-14-6-9-17(24-2)16(10-14)19(22)23/h4-10H,3,11-12H2,1-2H3,(H,20,21)(H,22,23). The Hall–Kier alpha value is -3.02. The first kappa shape index (κ1) is 18.3. The van der Waals surface area contributed by atoms with Gasteiger partial charge in [-0.3, -0.25) is 4.79 Å². The van der Waals surface area contributed by atoms with Gasteiger partial charge >= 0.3 is 5.97 Å². The maximum Gasteiger partial charge on any atom is 0.339 e. The van der Waals surface area contributed by atoms with Crippen molar-refractivity contribution in [2.45, 2.75) is 19.9 Å². The van der Waals surface area contributed by atoms with Crippen molar-refractivity contribution >= 4 is 11.9 Å². The Labute approximate surface area is 146 Å². The molecule has 0 bridgehead atoms. The fraction of sp³-hybridized carbons (Fsp3) is 0.263. The molecule has 2 N–H and O–H groups in total. The maximum absolute atomic E-state index is 12.1. The minimum absolute atomic E-state index is 0.0701. The highest BCUT2D eigenvalue weighted by atomic mass is 16.5. The summed E-state index contributed by atoms with van der Waals surface area (Å²) in [5, 5.41) is 12.0. The fourth-order valence-corrected chi connectivity index (χ4v) is 2.35. The summed E-state index contributed by atoms with van der Waals surface area (Å²) in [7, 11) is 1.42. The van der Waals surface area contributed by atoms with Gasteiger partial charge in [0, 0.05) is 6.54 Å². The van der Waals surface area contributed by atoms with Crippen molar-refractivity contribution in [3.05, 3.63) is 59.2 Å². The van der Waals surface area contributed by atoms with E-state index in [1.54, 1.807) is 12.1 Å². The van der Waals surface area contributed by atoms with Gasteiger partial charge in [-0.25, -0.2) is 4.79 Å². The highest BCUT2D eigenvalue weighted by Crippen LogP contribution is 2.20. The molecule has 0 radical (unpaired) electrons. The van der Waals surface area contributed by atoms with Crippen LogP contribution in [0.3, 0.4) is 0 Å². The summed E-state index contributed by atoms with van der Waals surface area (Å²) in [4.78, 5) is 23.3. The first-order valence-electron chi connectivity index (χ1n) is 7.92. The number of amides is 1. The summed E-state index contributed by atoms with van der Waals surface area (Å²) < 4.78 is 10.4. The predicted molar refractivity (Wildman–Crippen MR) is 93.1 cm³/mol. The summed E-state index contributed by atoms with van der Waals surface area (Å²) in [5.74, 6) is -0.153. The molecule has 0 aromatic heterocycles. The lowest BCUT2D eigenvalue weighted by Crippen LogP contribution is -2.24. The van der Waals surface area contributed by atoms with Crippen molar-refractivity contribution in [2.75, 3.05) is 13.7 Å². The van der Waals surface area contributed by atoms with Gasteiger partial charge in [0.05, 0.1) is 20.1 Å². The number of ether oxygens (including phenoxy) is 2. The molecule has 0 aliphatic rings. The van der Waals surface area contributed by atoms with Gasteiger partial charge in [-0.1, -0.05) is 18.2 Å². The molecule has 0 heterocycles. The van der Waals surface area contributed by atoms with Crippen LogP contribution in [0.4, 0.5) is 0 Å². The van der Waals surface area contributed by atoms with E-state index in [0.29, 0.717) is 12.2 Å². The largest absolute Gasteiger partial charge is 0.496 e. The first-order chi connectivity index (χ1) is 12.0. The molecule has 132 valence electrons. The van der Waals surface area contributed by atoms with Crippen LogP contribution in [-0.4, -0.2) is 30.7 Å². The van der Waals surface area contributed by atoms with Gasteiger partial charge in [0.15, 0.2) is 0 Å². The van der Waals surface area contributed by atoms with E-state index >= 15 is 0 Å².